The van der Waals surface area contributed by atoms with Crippen LogP contribution in [0.3, 0.4) is 0 Å². The molecule has 1 rings (SSSR count). The topological polar surface area (TPSA) is 17.1 Å². The van der Waals surface area contributed by atoms with Gasteiger partial charge in [-0.25, -0.2) is 0 Å². The molecule has 0 amide bonds. The van der Waals surface area contributed by atoms with E-state index in [1.165, 1.54) is 6.92 Å². The molecule has 1 nitrogen and oxygen atoms in total. The third-order valence-corrected chi connectivity index (χ3v) is 2.52. The van der Waals surface area contributed by atoms with Crippen molar-refractivity contribution in [2.75, 3.05) is 0 Å². The van der Waals surface area contributed by atoms with E-state index in [0.29, 0.717) is 10.0 Å². The highest BCUT2D eigenvalue weighted by Gasteiger charge is 2.12. The van der Waals surface area contributed by atoms with Crippen molar-refractivity contribution in [3.05, 3.63) is 32.8 Å². The van der Waals surface area contributed by atoms with Crippen LogP contribution in [0.25, 0.3) is 0 Å². The Hall–Kier alpha value is -0.680. The van der Waals surface area contributed by atoms with Gasteiger partial charge >= 0.3 is 0 Å². The van der Waals surface area contributed by atoms with Crippen molar-refractivity contribution >= 4 is 40.6 Å². The number of benzene rings is 1. The van der Waals surface area contributed by atoms with Gasteiger partial charge in [-0.05, 0) is 19.1 Å². The average molecular weight is 250 g/mol. The van der Waals surface area contributed by atoms with Crippen molar-refractivity contribution in [2.45, 2.75) is 6.92 Å². The molecule has 0 unspecified atom stereocenters. The van der Waals surface area contributed by atoms with Crippen molar-refractivity contribution in [3.63, 3.8) is 0 Å². The second kappa shape index (κ2) is 5.93. The van der Waals surface area contributed by atoms with E-state index in [1.807, 2.05) is 0 Å². The van der Waals surface area contributed by atoms with Gasteiger partial charge in [0, 0.05) is 0 Å². The lowest BCUT2D eigenvalue weighted by Crippen LogP contribution is -1.94. The van der Waals surface area contributed by atoms with Crippen LogP contribution < -0.4 is 0 Å². The zero-order valence-corrected chi connectivity index (χ0v) is 9.62. The first kappa shape index (κ1) is 13.3. The molecule has 0 aliphatic heterocycles. The van der Waals surface area contributed by atoms with Crippen LogP contribution in [0, 0.1) is 12.8 Å². The lowest BCUT2D eigenvalue weighted by molar-refractivity contribution is 0.101. The molecule has 0 fully saturated rings. The van der Waals surface area contributed by atoms with Crippen molar-refractivity contribution in [1.29, 1.82) is 0 Å². The molecule has 14 heavy (non-hydrogen) atoms. The third kappa shape index (κ3) is 2.92. The Morgan fingerprint density at radius 2 is 1.57 bits per heavy atom. The van der Waals surface area contributed by atoms with Crippen molar-refractivity contribution < 1.29 is 4.79 Å². The summed E-state index contributed by atoms with van der Waals surface area (Å²) < 4.78 is 0. The maximum absolute atomic E-state index is 11.0. The first-order valence-electron chi connectivity index (χ1n) is 3.52. The molecule has 0 bridgehead atoms. The van der Waals surface area contributed by atoms with Gasteiger partial charge in [0.2, 0.25) is 0 Å². The lowest BCUT2D eigenvalue weighted by atomic mass is 10.1. The summed E-state index contributed by atoms with van der Waals surface area (Å²) in [7, 11) is 0. The summed E-state index contributed by atoms with van der Waals surface area (Å²) in [5, 5.41) is 0.889. The zero-order chi connectivity index (χ0) is 11.3. The molecule has 74 valence electrons. The number of terminal acetylenes is 1. The summed E-state index contributed by atoms with van der Waals surface area (Å²) in [6.45, 7) is 1.39. The first-order valence-corrected chi connectivity index (χ1v) is 4.65. The van der Waals surface area contributed by atoms with Crippen LogP contribution in [-0.2, 0) is 0 Å². The van der Waals surface area contributed by atoms with Crippen LogP contribution in [-0.4, -0.2) is 5.78 Å². The number of hydrogen-bond donors (Lipinski definition) is 0. The Labute approximate surface area is 98.0 Å². The molecule has 0 aromatic heterocycles. The smallest absolute Gasteiger partial charge is 0.162 e. The highest BCUT2D eigenvalue weighted by Crippen LogP contribution is 2.31. The van der Waals surface area contributed by atoms with Gasteiger partial charge in [-0.15, -0.1) is 12.8 Å². The predicted molar refractivity (Wildman–Crippen MR) is 61.4 cm³/mol. The van der Waals surface area contributed by atoms with Gasteiger partial charge in [0.25, 0.3) is 0 Å². The number of ketones is 1. The molecular weight excluding hydrogens is 242 g/mol. The van der Waals surface area contributed by atoms with Gasteiger partial charge < -0.3 is 0 Å². The highest BCUT2D eigenvalue weighted by molar-refractivity contribution is 6.46. The van der Waals surface area contributed by atoms with Crippen molar-refractivity contribution in [2.24, 2.45) is 0 Å². The molecule has 4 heteroatoms. The largest absolute Gasteiger partial charge is 0.294 e. The van der Waals surface area contributed by atoms with E-state index in [4.69, 9.17) is 34.8 Å². The van der Waals surface area contributed by atoms with Gasteiger partial charge in [-0.1, -0.05) is 34.8 Å². The molecule has 0 spiro atoms. The summed E-state index contributed by atoms with van der Waals surface area (Å²) in [6, 6.07) is 3.10. The SMILES string of the molecule is C#C.CC(=O)c1c(Cl)ccc(Cl)c1Cl. The van der Waals surface area contributed by atoms with Gasteiger partial charge in [0.05, 0.1) is 20.6 Å². The van der Waals surface area contributed by atoms with Gasteiger partial charge in [-0.3, -0.25) is 4.79 Å². The van der Waals surface area contributed by atoms with E-state index in [1.54, 1.807) is 12.1 Å². The zero-order valence-electron chi connectivity index (χ0n) is 7.35. The first-order chi connectivity index (χ1) is 6.54. The fourth-order valence-electron chi connectivity index (χ4n) is 0.850. The number of carbonyl (C=O) groups excluding carboxylic acids is 1. The third-order valence-electron chi connectivity index (χ3n) is 1.40. The molecule has 0 saturated carbocycles. The minimum atomic E-state index is -0.187. The molecule has 0 N–H and O–H groups in total. The molecule has 0 aliphatic carbocycles. The molecule has 0 radical (unpaired) electrons. The monoisotopic (exact) mass is 248 g/mol. The van der Waals surface area contributed by atoms with Crippen LogP contribution in [0.5, 0.6) is 0 Å². The number of rotatable bonds is 1. The van der Waals surface area contributed by atoms with E-state index in [9.17, 15) is 4.79 Å². The van der Waals surface area contributed by atoms with Crippen LogP contribution in [0.15, 0.2) is 12.1 Å². The summed E-state index contributed by atoms with van der Waals surface area (Å²) in [5.74, 6) is -0.187. The molecule has 0 heterocycles. The Kier molecular flexibility index (Phi) is 5.64. The highest BCUT2D eigenvalue weighted by atomic mass is 35.5. The Balaban J connectivity index is 0.000000791. The molecule has 1 aromatic rings. The molecule has 0 atom stereocenters. The van der Waals surface area contributed by atoms with E-state index in [-0.39, 0.29) is 16.4 Å². The average Bonchev–Trinajstić information content (AvgIpc) is 2.15. The molecule has 0 saturated heterocycles. The Bertz CT molecular complexity index is 369. The van der Waals surface area contributed by atoms with Crippen LogP contribution in [0.1, 0.15) is 17.3 Å². The fraction of sp³-hybridized carbons (Fsp3) is 0.100. The Morgan fingerprint density at radius 1 is 1.14 bits per heavy atom. The van der Waals surface area contributed by atoms with Gasteiger partial charge in [-0.2, -0.15) is 0 Å². The normalized spacial score (nSPS) is 8.71. The lowest BCUT2D eigenvalue weighted by Gasteiger charge is -2.03. The Morgan fingerprint density at radius 3 is 1.93 bits per heavy atom. The van der Waals surface area contributed by atoms with Crippen LogP contribution in [0.2, 0.25) is 15.1 Å². The predicted octanol–water partition coefficient (Wildman–Crippen LogP) is 4.10. The minimum absolute atomic E-state index is 0.187. The second-order valence-corrected chi connectivity index (χ2v) is 3.47. The molecular formula is C10H7Cl3O. The summed E-state index contributed by atoms with van der Waals surface area (Å²) in [6.07, 6.45) is 8.00. The number of hydrogen-bond acceptors (Lipinski definition) is 1. The molecule has 0 aliphatic rings. The van der Waals surface area contributed by atoms with E-state index in [0.717, 1.165) is 0 Å². The molecule has 1 aromatic carbocycles. The van der Waals surface area contributed by atoms with Gasteiger partial charge in [0.1, 0.15) is 0 Å². The standard InChI is InChI=1S/C8H5Cl3O.C2H2/c1-4(12)7-5(9)2-3-6(10)8(7)11;1-2/h2-3H,1H3;1-2H. The van der Waals surface area contributed by atoms with Gasteiger partial charge in [0.15, 0.2) is 5.78 Å². The van der Waals surface area contributed by atoms with Crippen LogP contribution in [0.4, 0.5) is 0 Å². The summed E-state index contributed by atoms with van der Waals surface area (Å²) in [5.41, 5.74) is 0.283. The maximum Gasteiger partial charge on any atom is 0.162 e. The number of Topliss-reactive ketones (excluding diaryl/α,β-unsaturated/α-hetero) is 1. The fourth-order valence-corrected chi connectivity index (χ4v) is 1.64. The van der Waals surface area contributed by atoms with Crippen molar-refractivity contribution in [1.82, 2.24) is 0 Å². The second-order valence-electron chi connectivity index (χ2n) is 2.27. The maximum atomic E-state index is 11.0. The quantitative estimate of drug-likeness (QED) is 0.416. The number of carbonyl (C=O) groups is 1. The van der Waals surface area contributed by atoms with Crippen molar-refractivity contribution in [3.8, 4) is 12.8 Å². The van der Waals surface area contributed by atoms with Crippen LogP contribution >= 0.6 is 34.8 Å². The van der Waals surface area contributed by atoms with E-state index in [2.05, 4.69) is 12.8 Å². The van der Waals surface area contributed by atoms with E-state index >= 15 is 0 Å². The summed E-state index contributed by atoms with van der Waals surface area (Å²) >= 11 is 17.2. The van der Waals surface area contributed by atoms with E-state index < -0.39 is 0 Å². The minimum Gasteiger partial charge on any atom is -0.294 e. The number of halogens is 3. The summed E-state index contributed by atoms with van der Waals surface area (Å²) in [4.78, 5) is 11.0.